The number of benzene rings is 2. The van der Waals surface area contributed by atoms with Gasteiger partial charge in [0.25, 0.3) is 0 Å². The molecule has 1 heterocycles. The molecule has 112 valence electrons. The summed E-state index contributed by atoms with van der Waals surface area (Å²) < 4.78 is 5.16. The van der Waals surface area contributed by atoms with Crippen molar-refractivity contribution in [3.63, 3.8) is 0 Å². The predicted molar refractivity (Wildman–Crippen MR) is 84.0 cm³/mol. The second-order valence-corrected chi connectivity index (χ2v) is 5.23. The lowest BCUT2D eigenvalue weighted by Gasteiger charge is -2.16. The molecule has 1 aliphatic heterocycles. The van der Waals surface area contributed by atoms with Gasteiger partial charge in [-0.15, -0.1) is 0 Å². The molecular formula is C18H17NO3. The monoisotopic (exact) mass is 295 g/mol. The summed E-state index contributed by atoms with van der Waals surface area (Å²) in [5, 5.41) is 4.18. The van der Waals surface area contributed by atoms with Crippen LogP contribution in [-0.4, -0.2) is 18.6 Å². The molecule has 0 saturated heterocycles. The van der Waals surface area contributed by atoms with E-state index in [0.29, 0.717) is 5.71 Å². The van der Waals surface area contributed by atoms with Gasteiger partial charge in [0.2, 0.25) is 0 Å². The number of carbonyl (C=O) groups is 1. The van der Waals surface area contributed by atoms with Crippen LogP contribution in [0.25, 0.3) is 0 Å². The van der Waals surface area contributed by atoms with Gasteiger partial charge < -0.3 is 9.57 Å². The Morgan fingerprint density at radius 1 is 1.09 bits per heavy atom. The van der Waals surface area contributed by atoms with Crippen molar-refractivity contribution < 1.29 is 14.4 Å². The highest BCUT2D eigenvalue weighted by atomic mass is 16.6. The van der Waals surface area contributed by atoms with E-state index in [1.807, 2.05) is 54.6 Å². The molecule has 0 saturated carbocycles. The minimum Gasteiger partial charge on any atom is -0.497 e. The molecule has 0 aromatic heterocycles. The summed E-state index contributed by atoms with van der Waals surface area (Å²) in [7, 11) is 1.62. The van der Waals surface area contributed by atoms with Crippen LogP contribution in [0.1, 0.15) is 24.2 Å². The average Bonchev–Trinajstić information content (AvgIpc) is 3.01. The van der Waals surface area contributed by atoms with Gasteiger partial charge >= 0.3 is 0 Å². The first kappa shape index (κ1) is 14.3. The van der Waals surface area contributed by atoms with Crippen molar-refractivity contribution in [2.75, 3.05) is 7.11 Å². The lowest BCUT2D eigenvalue weighted by molar-refractivity contribution is -0.121. The number of hydrogen-bond acceptors (Lipinski definition) is 4. The van der Waals surface area contributed by atoms with Crippen LogP contribution >= 0.6 is 0 Å². The molecule has 4 nitrogen and oxygen atoms in total. The standard InChI is InChI=1S/C18H17NO3/c1-12(20)16-17(13-8-10-15(21-2)11-9-13)19-22-18(16)14-6-4-3-5-7-14/h3-11,16,18H,1-2H3. The molecule has 4 heteroatoms. The van der Waals surface area contributed by atoms with E-state index >= 15 is 0 Å². The highest BCUT2D eigenvalue weighted by Crippen LogP contribution is 2.35. The molecular weight excluding hydrogens is 278 g/mol. The molecule has 0 N–H and O–H groups in total. The fraction of sp³-hybridized carbons (Fsp3) is 0.222. The highest BCUT2D eigenvalue weighted by molar-refractivity contribution is 6.14. The van der Waals surface area contributed by atoms with Gasteiger partial charge in [0.15, 0.2) is 6.10 Å². The van der Waals surface area contributed by atoms with E-state index in [1.165, 1.54) is 0 Å². The van der Waals surface area contributed by atoms with Crippen molar-refractivity contribution in [2.45, 2.75) is 13.0 Å². The summed E-state index contributed by atoms with van der Waals surface area (Å²) in [6, 6.07) is 17.2. The lowest BCUT2D eigenvalue weighted by atomic mass is 9.86. The number of ketones is 1. The van der Waals surface area contributed by atoms with E-state index in [2.05, 4.69) is 5.16 Å². The van der Waals surface area contributed by atoms with Crippen molar-refractivity contribution in [1.82, 2.24) is 0 Å². The molecule has 1 aliphatic rings. The number of ether oxygens (including phenoxy) is 1. The van der Waals surface area contributed by atoms with Gasteiger partial charge in [-0.05, 0) is 36.8 Å². The van der Waals surface area contributed by atoms with Gasteiger partial charge in [0, 0.05) is 5.56 Å². The van der Waals surface area contributed by atoms with Crippen LogP contribution in [0.15, 0.2) is 59.8 Å². The Kier molecular flexibility index (Phi) is 3.92. The molecule has 2 atom stereocenters. The quantitative estimate of drug-likeness (QED) is 0.868. The molecule has 0 amide bonds. The van der Waals surface area contributed by atoms with Gasteiger partial charge in [0.05, 0.1) is 7.11 Å². The van der Waals surface area contributed by atoms with Crippen LogP contribution in [-0.2, 0) is 9.63 Å². The molecule has 2 unspecified atom stereocenters. The van der Waals surface area contributed by atoms with Gasteiger partial charge in [-0.1, -0.05) is 35.5 Å². The molecule has 2 aromatic rings. The molecule has 0 aliphatic carbocycles. The summed E-state index contributed by atoms with van der Waals surface area (Å²) >= 11 is 0. The van der Waals surface area contributed by atoms with Crippen LogP contribution in [0.2, 0.25) is 0 Å². The van der Waals surface area contributed by atoms with Crippen molar-refractivity contribution in [1.29, 1.82) is 0 Å². The van der Waals surface area contributed by atoms with E-state index in [0.717, 1.165) is 16.9 Å². The Balaban J connectivity index is 1.93. The van der Waals surface area contributed by atoms with E-state index in [4.69, 9.17) is 9.57 Å². The Labute approximate surface area is 129 Å². The fourth-order valence-corrected chi connectivity index (χ4v) is 2.67. The Hall–Kier alpha value is -2.62. The summed E-state index contributed by atoms with van der Waals surface area (Å²) in [6.45, 7) is 1.58. The minimum absolute atomic E-state index is 0.0425. The van der Waals surface area contributed by atoms with Crippen LogP contribution in [0.5, 0.6) is 5.75 Å². The smallest absolute Gasteiger partial charge is 0.168 e. The average molecular weight is 295 g/mol. The lowest BCUT2D eigenvalue weighted by Crippen LogP contribution is -2.25. The summed E-state index contributed by atoms with van der Waals surface area (Å²) in [6.07, 6.45) is -0.365. The Morgan fingerprint density at radius 2 is 1.77 bits per heavy atom. The molecule has 22 heavy (non-hydrogen) atoms. The van der Waals surface area contributed by atoms with Crippen LogP contribution in [0.4, 0.5) is 0 Å². The van der Waals surface area contributed by atoms with E-state index in [1.54, 1.807) is 14.0 Å². The summed E-state index contributed by atoms with van der Waals surface area (Å²) in [5.41, 5.74) is 2.50. The first-order chi connectivity index (χ1) is 10.7. The first-order valence-corrected chi connectivity index (χ1v) is 7.14. The molecule has 0 spiro atoms. The Morgan fingerprint density at radius 3 is 2.36 bits per heavy atom. The molecule has 2 aromatic carbocycles. The molecule has 3 rings (SSSR count). The van der Waals surface area contributed by atoms with Crippen molar-refractivity contribution in [3.8, 4) is 5.75 Å². The highest BCUT2D eigenvalue weighted by Gasteiger charge is 2.39. The van der Waals surface area contributed by atoms with Crippen molar-refractivity contribution in [3.05, 3.63) is 65.7 Å². The number of oxime groups is 1. The Bertz CT molecular complexity index is 692. The fourth-order valence-electron chi connectivity index (χ4n) is 2.67. The zero-order valence-corrected chi connectivity index (χ0v) is 12.5. The third-order valence-corrected chi connectivity index (χ3v) is 3.81. The number of Topliss-reactive ketones (excluding diaryl/α,β-unsaturated/α-hetero) is 1. The maximum Gasteiger partial charge on any atom is 0.168 e. The second kappa shape index (κ2) is 6.02. The number of carbonyl (C=O) groups excluding carboxylic acids is 1. The topological polar surface area (TPSA) is 47.9 Å². The van der Waals surface area contributed by atoms with Crippen LogP contribution in [0, 0.1) is 5.92 Å². The third-order valence-electron chi connectivity index (χ3n) is 3.81. The predicted octanol–water partition coefficient (Wildman–Crippen LogP) is 3.38. The molecule has 0 bridgehead atoms. The molecule has 0 radical (unpaired) electrons. The summed E-state index contributed by atoms with van der Waals surface area (Å²) in [5.74, 6) is 0.416. The first-order valence-electron chi connectivity index (χ1n) is 7.14. The maximum absolute atomic E-state index is 12.2. The van der Waals surface area contributed by atoms with Crippen LogP contribution < -0.4 is 4.74 Å². The third kappa shape index (κ3) is 2.60. The minimum atomic E-state index is -0.393. The normalized spacial score (nSPS) is 20.2. The number of nitrogens with zero attached hydrogens (tertiary/aromatic N) is 1. The van der Waals surface area contributed by atoms with Gasteiger partial charge in [0.1, 0.15) is 23.2 Å². The van der Waals surface area contributed by atoms with Gasteiger partial charge in [-0.25, -0.2) is 0 Å². The summed E-state index contributed by atoms with van der Waals surface area (Å²) in [4.78, 5) is 17.7. The maximum atomic E-state index is 12.2. The molecule has 0 fully saturated rings. The number of rotatable bonds is 4. The van der Waals surface area contributed by atoms with Crippen molar-refractivity contribution in [2.24, 2.45) is 11.1 Å². The van der Waals surface area contributed by atoms with Crippen LogP contribution in [0.3, 0.4) is 0 Å². The zero-order valence-electron chi connectivity index (χ0n) is 12.5. The SMILES string of the molecule is COc1ccc(C2=NOC(c3ccccc3)C2C(C)=O)cc1. The van der Waals surface area contributed by atoms with E-state index in [-0.39, 0.29) is 11.9 Å². The van der Waals surface area contributed by atoms with E-state index < -0.39 is 5.92 Å². The largest absolute Gasteiger partial charge is 0.497 e. The van der Waals surface area contributed by atoms with Gasteiger partial charge in [-0.2, -0.15) is 0 Å². The van der Waals surface area contributed by atoms with Gasteiger partial charge in [-0.3, -0.25) is 4.79 Å². The second-order valence-electron chi connectivity index (χ2n) is 5.23. The number of hydrogen-bond donors (Lipinski definition) is 0. The zero-order chi connectivity index (χ0) is 15.5. The van der Waals surface area contributed by atoms with E-state index in [9.17, 15) is 4.79 Å². The number of methoxy groups -OCH3 is 1. The van der Waals surface area contributed by atoms with Crippen molar-refractivity contribution >= 4 is 11.5 Å².